The molecule has 6 heteroatoms. The zero-order chi connectivity index (χ0) is 15.4. The van der Waals surface area contributed by atoms with Gasteiger partial charge in [-0.25, -0.2) is 9.97 Å². The van der Waals surface area contributed by atoms with Gasteiger partial charge in [-0.1, -0.05) is 12.1 Å². The zero-order valence-electron chi connectivity index (χ0n) is 12.9. The first kappa shape index (κ1) is 14.6. The Kier molecular flexibility index (Phi) is 4.39. The Labute approximate surface area is 130 Å². The molecule has 1 aliphatic heterocycles. The number of ether oxygens (including phenoxy) is 2. The monoisotopic (exact) mass is 300 g/mol. The lowest BCUT2D eigenvalue weighted by molar-refractivity contribution is 0.311. The molecule has 1 aromatic carbocycles. The first-order valence-electron chi connectivity index (χ1n) is 7.32. The molecule has 0 N–H and O–H groups in total. The predicted molar refractivity (Wildman–Crippen MR) is 84.8 cm³/mol. The van der Waals surface area contributed by atoms with E-state index < -0.39 is 0 Å². The van der Waals surface area contributed by atoms with E-state index in [0.717, 1.165) is 32.0 Å². The molecule has 1 aliphatic rings. The first-order valence-corrected chi connectivity index (χ1v) is 7.32. The summed E-state index contributed by atoms with van der Waals surface area (Å²) in [7, 11) is 3.76. The SMILES string of the molecule is COc1ccccc1Oc1cc(N2CCN(C)CC2)ncn1. The lowest BCUT2D eigenvalue weighted by atomic mass is 10.3. The molecule has 0 radical (unpaired) electrons. The van der Waals surface area contributed by atoms with Crippen LogP contribution in [0.4, 0.5) is 5.82 Å². The summed E-state index contributed by atoms with van der Waals surface area (Å²) in [6.07, 6.45) is 1.54. The minimum atomic E-state index is 0.522. The Morgan fingerprint density at radius 3 is 2.45 bits per heavy atom. The number of benzene rings is 1. The molecule has 0 atom stereocenters. The molecule has 6 nitrogen and oxygen atoms in total. The maximum Gasteiger partial charge on any atom is 0.224 e. The average Bonchev–Trinajstić information content (AvgIpc) is 2.56. The maximum absolute atomic E-state index is 5.84. The molecule has 2 aromatic rings. The van der Waals surface area contributed by atoms with Crippen molar-refractivity contribution < 1.29 is 9.47 Å². The molecule has 0 aliphatic carbocycles. The van der Waals surface area contributed by atoms with E-state index in [1.807, 2.05) is 30.3 Å². The third-order valence-corrected chi connectivity index (χ3v) is 3.74. The van der Waals surface area contributed by atoms with E-state index in [-0.39, 0.29) is 0 Å². The van der Waals surface area contributed by atoms with Crippen molar-refractivity contribution in [1.29, 1.82) is 0 Å². The van der Waals surface area contributed by atoms with Crippen molar-refractivity contribution in [2.75, 3.05) is 45.2 Å². The van der Waals surface area contributed by atoms with Crippen molar-refractivity contribution in [2.24, 2.45) is 0 Å². The number of likely N-dealkylation sites (N-methyl/N-ethyl adjacent to an activating group) is 1. The summed E-state index contributed by atoms with van der Waals surface area (Å²) >= 11 is 0. The number of methoxy groups -OCH3 is 1. The fraction of sp³-hybridized carbons (Fsp3) is 0.375. The zero-order valence-corrected chi connectivity index (χ0v) is 12.9. The number of para-hydroxylation sites is 2. The summed E-state index contributed by atoms with van der Waals surface area (Å²) in [5.41, 5.74) is 0. The van der Waals surface area contributed by atoms with E-state index in [0.29, 0.717) is 17.4 Å². The summed E-state index contributed by atoms with van der Waals surface area (Å²) in [6.45, 7) is 3.99. The highest BCUT2D eigenvalue weighted by molar-refractivity contribution is 5.45. The van der Waals surface area contributed by atoms with Crippen LogP contribution in [0.25, 0.3) is 0 Å². The van der Waals surface area contributed by atoms with Crippen LogP contribution < -0.4 is 14.4 Å². The van der Waals surface area contributed by atoms with Gasteiger partial charge in [0.2, 0.25) is 5.88 Å². The van der Waals surface area contributed by atoms with Crippen LogP contribution in [0.2, 0.25) is 0 Å². The third kappa shape index (κ3) is 3.28. The molecule has 116 valence electrons. The van der Waals surface area contributed by atoms with Crippen molar-refractivity contribution in [3.63, 3.8) is 0 Å². The van der Waals surface area contributed by atoms with Gasteiger partial charge < -0.3 is 19.3 Å². The van der Waals surface area contributed by atoms with Gasteiger partial charge in [-0.15, -0.1) is 0 Å². The molecule has 22 heavy (non-hydrogen) atoms. The van der Waals surface area contributed by atoms with Crippen LogP contribution in [0.1, 0.15) is 0 Å². The van der Waals surface area contributed by atoms with Gasteiger partial charge in [0.25, 0.3) is 0 Å². The number of aromatic nitrogens is 2. The van der Waals surface area contributed by atoms with Gasteiger partial charge in [0.05, 0.1) is 7.11 Å². The highest BCUT2D eigenvalue weighted by Gasteiger charge is 2.16. The molecule has 0 amide bonds. The Balaban J connectivity index is 1.76. The molecule has 0 bridgehead atoms. The van der Waals surface area contributed by atoms with E-state index in [4.69, 9.17) is 9.47 Å². The smallest absolute Gasteiger partial charge is 0.224 e. The van der Waals surface area contributed by atoms with Crippen molar-refractivity contribution in [1.82, 2.24) is 14.9 Å². The van der Waals surface area contributed by atoms with Crippen molar-refractivity contribution in [3.05, 3.63) is 36.7 Å². The normalized spacial score (nSPS) is 15.6. The number of hydrogen-bond acceptors (Lipinski definition) is 6. The molecule has 0 unspecified atom stereocenters. The number of piperazine rings is 1. The Morgan fingerprint density at radius 2 is 1.73 bits per heavy atom. The van der Waals surface area contributed by atoms with Gasteiger partial charge in [-0.2, -0.15) is 0 Å². The highest BCUT2D eigenvalue weighted by atomic mass is 16.5. The minimum absolute atomic E-state index is 0.522. The van der Waals surface area contributed by atoms with Crippen molar-refractivity contribution >= 4 is 5.82 Å². The molecule has 3 rings (SSSR count). The maximum atomic E-state index is 5.84. The summed E-state index contributed by atoms with van der Waals surface area (Å²) in [5.74, 6) is 2.75. The van der Waals surface area contributed by atoms with Crippen LogP contribution in [0.5, 0.6) is 17.4 Å². The number of hydrogen-bond donors (Lipinski definition) is 0. The van der Waals surface area contributed by atoms with E-state index in [1.165, 1.54) is 0 Å². The topological polar surface area (TPSA) is 50.7 Å². The summed E-state index contributed by atoms with van der Waals surface area (Å²) < 4.78 is 11.1. The molecule has 1 saturated heterocycles. The van der Waals surface area contributed by atoms with Crippen LogP contribution >= 0.6 is 0 Å². The lowest BCUT2D eigenvalue weighted by Gasteiger charge is -2.33. The summed E-state index contributed by atoms with van der Waals surface area (Å²) in [5, 5.41) is 0. The second-order valence-corrected chi connectivity index (χ2v) is 5.26. The molecular formula is C16H20N4O2. The van der Waals surface area contributed by atoms with Gasteiger partial charge in [0.1, 0.15) is 12.1 Å². The first-order chi connectivity index (χ1) is 10.8. The standard InChI is InChI=1S/C16H20N4O2/c1-19-7-9-20(10-8-19)15-11-16(18-12-17-15)22-14-6-4-3-5-13(14)21-2/h3-6,11-12H,7-10H2,1-2H3. The van der Waals surface area contributed by atoms with E-state index in [9.17, 15) is 0 Å². The number of rotatable bonds is 4. The number of anilines is 1. The summed E-state index contributed by atoms with van der Waals surface area (Å²) in [4.78, 5) is 13.1. The lowest BCUT2D eigenvalue weighted by Crippen LogP contribution is -2.44. The van der Waals surface area contributed by atoms with Gasteiger partial charge >= 0.3 is 0 Å². The fourth-order valence-electron chi connectivity index (χ4n) is 2.41. The van der Waals surface area contributed by atoms with Gasteiger partial charge in [0.15, 0.2) is 11.5 Å². The minimum Gasteiger partial charge on any atom is -0.493 e. The molecule has 0 spiro atoms. The van der Waals surface area contributed by atoms with Crippen LogP contribution in [0.15, 0.2) is 36.7 Å². The molecule has 1 aromatic heterocycles. The van der Waals surface area contributed by atoms with Crippen LogP contribution in [0, 0.1) is 0 Å². The van der Waals surface area contributed by atoms with E-state index in [1.54, 1.807) is 13.4 Å². The quantitative estimate of drug-likeness (QED) is 0.861. The van der Waals surface area contributed by atoms with E-state index >= 15 is 0 Å². The Hall–Kier alpha value is -2.34. The van der Waals surface area contributed by atoms with Crippen LogP contribution in [-0.4, -0.2) is 55.2 Å². The summed E-state index contributed by atoms with van der Waals surface area (Å²) in [6, 6.07) is 9.40. The predicted octanol–water partition coefficient (Wildman–Crippen LogP) is 2.03. The molecule has 0 saturated carbocycles. The third-order valence-electron chi connectivity index (χ3n) is 3.74. The van der Waals surface area contributed by atoms with E-state index in [2.05, 4.69) is 26.8 Å². The Morgan fingerprint density at radius 1 is 1.00 bits per heavy atom. The van der Waals surface area contributed by atoms with Crippen molar-refractivity contribution in [2.45, 2.75) is 0 Å². The second kappa shape index (κ2) is 6.62. The molecule has 1 fully saturated rings. The highest BCUT2D eigenvalue weighted by Crippen LogP contribution is 2.30. The average molecular weight is 300 g/mol. The molecule has 2 heterocycles. The van der Waals surface area contributed by atoms with Crippen LogP contribution in [0.3, 0.4) is 0 Å². The Bertz CT molecular complexity index is 627. The largest absolute Gasteiger partial charge is 0.493 e. The fourth-order valence-corrected chi connectivity index (χ4v) is 2.41. The molecular weight excluding hydrogens is 280 g/mol. The van der Waals surface area contributed by atoms with Crippen molar-refractivity contribution in [3.8, 4) is 17.4 Å². The van der Waals surface area contributed by atoms with Crippen LogP contribution in [-0.2, 0) is 0 Å². The van der Waals surface area contributed by atoms with Gasteiger partial charge in [-0.05, 0) is 19.2 Å². The van der Waals surface area contributed by atoms with Gasteiger partial charge in [-0.3, -0.25) is 0 Å². The number of nitrogens with zero attached hydrogens (tertiary/aromatic N) is 4. The second-order valence-electron chi connectivity index (χ2n) is 5.26. The van der Waals surface area contributed by atoms with Gasteiger partial charge in [0, 0.05) is 32.2 Å².